The summed E-state index contributed by atoms with van der Waals surface area (Å²) in [6.45, 7) is 1.33. The Labute approximate surface area is 209 Å². The van der Waals surface area contributed by atoms with Gasteiger partial charge in [-0.2, -0.15) is 0 Å². The van der Waals surface area contributed by atoms with Gasteiger partial charge in [0.1, 0.15) is 11.6 Å². The van der Waals surface area contributed by atoms with Gasteiger partial charge in [-0.1, -0.05) is 0 Å². The van der Waals surface area contributed by atoms with Crippen molar-refractivity contribution in [3.8, 4) is 11.5 Å². The van der Waals surface area contributed by atoms with Gasteiger partial charge in [-0.15, -0.1) is 0 Å². The first-order chi connectivity index (χ1) is 17.6. The molecule has 1 spiro atoms. The fourth-order valence-electron chi connectivity index (χ4n) is 6.88. The molecular weight excluding hydrogens is 460 g/mol. The molecule has 36 heavy (non-hydrogen) atoms. The number of ether oxygens (including phenoxy) is 3. The number of hydrogen-bond donors (Lipinski definition) is 4. The Balaban J connectivity index is 1.05. The van der Waals surface area contributed by atoms with Gasteiger partial charge in [0.15, 0.2) is 11.6 Å². The lowest BCUT2D eigenvalue weighted by atomic mass is 9.74. The van der Waals surface area contributed by atoms with Gasteiger partial charge in [0.2, 0.25) is 5.91 Å². The number of carbonyl (C=O) groups excluding carboxylic acids is 1. The molecule has 7 rings (SSSR count). The van der Waals surface area contributed by atoms with E-state index in [1.807, 2.05) is 18.2 Å². The third-order valence-corrected chi connectivity index (χ3v) is 9.03. The maximum Gasteiger partial charge on any atom is 0.235 e. The Bertz CT molecular complexity index is 1200. The first-order valence-corrected chi connectivity index (χ1v) is 12.9. The number of aromatic nitrogens is 2. The summed E-state index contributed by atoms with van der Waals surface area (Å²) < 4.78 is 16.3. The van der Waals surface area contributed by atoms with Crippen molar-refractivity contribution >= 4 is 17.4 Å². The maximum atomic E-state index is 13.1. The molecule has 6 atom stereocenters. The quantitative estimate of drug-likeness (QED) is 0.481. The molecule has 3 aliphatic heterocycles. The molecule has 1 aromatic carbocycles. The second-order valence-electron chi connectivity index (χ2n) is 10.8. The predicted octanol–water partition coefficient (Wildman–Crippen LogP) is 2.15. The standard InChI is InChI=1S/C26H32N6O4/c1-34-15-4-6-19-17(8-15)26(25(33)28-19)9-18(26)13-3-5-16-20(7-13)31-32-23(16)30-24-21(35-2)10-27-22(29-24)14-11-36-12-14/h4,6,8,10,13-14,16,18,20,23,31-32H,3,5,7,9,11-12H2,1-2H3,(H,28,33)(H,27,29,30)/t13?,16?,18-,20?,23?,26-/m0/s1. The maximum absolute atomic E-state index is 13.1. The molecule has 2 saturated heterocycles. The molecular formula is C26H32N6O4. The molecule has 10 nitrogen and oxygen atoms in total. The van der Waals surface area contributed by atoms with Crippen molar-refractivity contribution in [3.05, 3.63) is 35.8 Å². The van der Waals surface area contributed by atoms with Crippen LogP contribution in [0.2, 0.25) is 0 Å². The summed E-state index contributed by atoms with van der Waals surface area (Å²) in [5.41, 5.74) is 8.65. The Morgan fingerprint density at radius 3 is 2.83 bits per heavy atom. The third-order valence-electron chi connectivity index (χ3n) is 9.03. The third kappa shape index (κ3) is 3.31. The smallest absolute Gasteiger partial charge is 0.235 e. The van der Waals surface area contributed by atoms with Crippen molar-refractivity contribution in [1.82, 2.24) is 20.8 Å². The Morgan fingerprint density at radius 1 is 1.17 bits per heavy atom. The number of fused-ring (bicyclic) bond motifs is 3. The van der Waals surface area contributed by atoms with Crippen LogP contribution in [0.3, 0.4) is 0 Å². The summed E-state index contributed by atoms with van der Waals surface area (Å²) in [6, 6.07) is 6.27. The van der Waals surface area contributed by atoms with Gasteiger partial charge in [0.25, 0.3) is 0 Å². The van der Waals surface area contributed by atoms with Crippen LogP contribution < -0.4 is 31.0 Å². The van der Waals surface area contributed by atoms with E-state index in [9.17, 15) is 4.79 Å². The molecule has 0 radical (unpaired) electrons. The second kappa shape index (κ2) is 8.29. The minimum absolute atomic E-state index is 0.0400. The molecule has 5 aliphatic rings. The van der Waals surface area contributed by atoms with E-state index >= 15 is 0 Å². The van der Waals surface area contributed by atoms with Crippen LogP contribution in [0.1, 0.15) is 43.0 Å². The van der Waals surface area contributed by atoms with Gasteiger partial charge < -0.3 is 24.8 Å². The van der Waals surface area contributed by atoms with E-state index in [1.165, 1.54) is 0 Å². The van der Waals surface area contributed by atoms with Crippen LogP contribution >= 0.6 is 0 Å². The summed E-state index contributed by atoms with van der Waals surface area (Å²) in [5.74, 6) is 4.64. The van der Waals surface area contributed by atoms with Gasteiger partial charge in [-0.25, -0.2) is 15.4 Å². The minimum Gasteiger partial charge on any atom is -0.497 e. The number of rotatable bonds is 6. The number of hydrogen-bond acceptors (Lipinski definition) is 9. The van der Waals surface area contributed by atoms with Gasteiger partial charge in [0, 0.05) is 17.6 Å². The summed E-state index contributed by atoms with van der Waals surface area (Å²) in [4.78, 5) is 22.3. The molecule has 2 aliphatic carbocycles. The van der Waals surface area contributed by atoms with Crippen molar-refractivity contribution in [2.45, 2.75) is 49.2 Å². The fraction of sp³-hybridized carbons (Fsp3) is 0.577. The topological polar surface area (TPSA) is 119 Å². The Kier molecular flexibility index (Phi) is 5.13. The summed E-state index contributed by atoms with van der Waals surface area (Å²) in [6.07, 6.45) is 5.92. The van der Waals surface area contributed by atoms with E-state index in [-0.39, 0.29) is 23.4 Å². The van der Waals surface area contributed by atoms with Crippen LogP contribution in [0.5, 0.6) is 11.5 Å². The van der Waals surface area contributed by atoms with Crippen LogP contribution in [-0.2, 0) is 14.9 Å². The molecule has 2 aromatic rings. The SMILES string of the molecule is COc1ccc2c(c1)[C@]1(C[C@H]1C1CCC3C(C1)NNC3Nc1nc(C3COC3)ncc1OC)C(=O)N2. The van der Waals surface area contributed by atoms with Gasteiger partial charge in [-0.05, 0) is 61.3 Å². The molecule has 4 fully saturated rings. The number of anilines is 2. The molecule has 10 heteroatoms. The van der Waals surface area contributed by atoms with Crippen LogP contribution in [0.15, 0.2) is 24.4 Å². The Morgan fingerprint density at radius 2 is 2.06 bits per heavy atom. The van der Waals surface area contributed by atoms with Gasteiger partial charge in [0.05, 0.1) is 51.1 Å². The zero-order chi connectivity index (χ0) is 24.4. The average molecular weight is 493 g/mol. The van der Waals surface area contributed by atoms with E-state index in [0.717, 1.165) is 48.5 Å². The van der Waals surface area contributed by atoms with Crippen LogP contribution in [-0.4, -0.2) is 55.5 Å². The normalized spacial score (nSPS) is 34.5. The van der Waals surface area contributed by atoms with E-state index in [1.54, 1.807) is 20.4 Å². The molecule has 0 bridgehead atoms. The number of methoxy groups -OCH3 is 2. The summed E-state index contributed by atoms with van der Waals surface area (Å²) >= 11 is 0. The highest BCUT2D eigenvalue weighted by Crippen LogP contribution is 2.65. The highest BCUT2D eigenvalue weighted by atomic mass is 16.5. The zero-order valence-electron chi connectivity index (χ0n) is 20.5. The first-order valence-electron chi connectivity index (χ1n) is 12.9. The van der Waals surface area contributed by atoms with Crippen molar-refractivity contribution in [1.29, 1.82) is 0 Å². The largest absolute Gasteiger partial charge is 0.497 e. The molecule has 190 valence electrons. The van der Waals surface area contributed by atoms with Crippen LogP contribution in [0.4, 0.5) is 11.5 Å². The van der Waals surface area contributed by atoms with Gasteiger partial charge in [-0.3, -0.25) is 10.2 Å². The van der Waals surface area contributed by atoms with Crippen molar-refractivity contribution in [2.75, 3.05) is 38.1 Å². The van der Waals surface area contributed by atoms with Crippen molar-refractivity contribution < 1.29 is 19.0 Å². The van der Waals surface area contributed by atoms with E-state index in [0.29, 0.717) is 48.6 Å². The van der Waals surface area contributed by atoms with Crippen LogP contribution in [0.25, 0.3) is 0 Å². The zero-order valence-corrected chi connectivity index (χ0v) is 20.5. The highest BCUT2D eigenvalue weighted by Gasteiger charge is 2.67. The number of amides is 1. The first kappa shape index (κ1) is 22.3. The van der Waals surface area contributed by atoms with Crippen molar-refractivity contribution in [3.63, 3.8) is 0 Å². The molecule has 4 N–H and O–H groups in total. The number of carbonyl (C=O) groups is 1. The number of benzene rings is 1. The molecule has 4 heterocycles. The van der Waals surface area contributed by atoms with Crippen molar-refractivity contribution in [2.24, 2.45) is 17.8 Å². The molecule has 2 saturated carbocycles. The average Bonchev–Trinajstić information content (AvgIpc) is 3.41. The second-order valence-corrected chi connectivity index (χ2v) is 10.8. The van der Waals surface area contributed by atoms with E-state index < -0.39 is 0 Å². The predicted molar refractivity (Wildman–Crippen MR) is 132 cm³/mol. The lowest BCUT2D eigenvalue weighted by Gasteiger charge is -2.34. The number of nitrogens with zero attached hydrogens (tertiary/aromatic N) is 2. The Hall–Kier alpha value is -2.95. The minimum atomic E-state index is -0.388. The van der Waals surface area contributed by atoms with E-state index in [4.69, 9.17) is 19.2 Å². The van der Waals surface area contributed by atoms with Gasteiger partial charge >= 0.3 is 0 Å². The molecule has 1 aromatic heterocycles. The number of nitrogens with one attached hydrogen (secondary N) is 4. The monoisotopic (exact) mass is 492 g/mol. The lowest BCUT2D eigenvalue weighted by Crippen LogP contribution is -2.39. The van der Waals surface area contributed by atoms with Crippen LogP contribution in [0, 0.1) is 17.8 Å². The van der Waals surface area contributed by atoms with E-state index in [2.05, 4.69) is 26.5 Å². The molecule has 1 amide bonds. The fourth-order valence-corrected chi connectivity index (χ4v) is 6.88. The number of hydrazine groups is 1. The summed E-state index contributed by atoms with van der Waals surface area (Å²) in [7, 11) is 3.32. The highest BCUT2D eigenvalue weighted by molar-refractivity contribution is 6.09. The lowest BCUT2D eigenvalue weighted by molar-refractivity contribution is -0.118. The molecule has 4 unspecified atom stereocenters. The summed E-state index contributed by atoms with van der Waals surface area (Å²) in [5, 5.41) is 6.69.